The maximum Gasteiger partial charge on any atom is 0.271 e. The zero-order valence-corrected chi connectivity index (χ0v) is 12.1. The van der Waals surface area contributed by atoms with Crippen molar-refractivity contribution in [2.75, 3.05) is 13.1 Å². The summed E-state index contributed by atoms with van der Waals surface area (Å²) in [5.41, 5.74) is 8.71. The van der Waals surface area contributed by atoms with Gasteiger partial charge in [-0.3, -0.25) is 4.79 Å². The number of nitrogens with zero attached hydrogens (tertiary/aromatic N) is 2. The van der Waals surface area contributed by atoms with Gasteiger partial charge in [0.2, 0.25) is 0 Å². The largest absolute Gasteiger partial charge is 0.349 e. The maximum absolute atomic E-state index is 11.9. The summed E-state index contributed by atoms with van der Waals surface area (Å²) in [6.45, 7) is 0.795. The highest BCUT2D eigenvalue weighted by Crippen LogP contribution is 2.28. The second-order valence-electron chi connectivity index (χ2n) is 3.77. The SMILES string of the molecule is Cl.N#Cc1cccc(-c2scnc2C(=O)NCCN)c1. The molecule has 0 atom stereocenters. The number of benzene rings is 1. The van der Waals surface area contributed by atoms with Crippen LogP contribution in [0.25, 0.3) is 10.4 Å². The Morgan fingerprint density at radius 1 is 1.50 bits per heavy atom. The zero-order valence-electron chi connectivity index (χ0n) is 10.5. The summed E-state index contributed by atoms with van der Waals surface area (Å²) in [6, 6.07) is 9.19. The first kappa shape index (κ1) is 16.1. The van der Waals surface area contributed by atoms with E-state index in [2.05, 4.69) is 16.4 Å². The molecule has 0 aliphatic heterocycles. The first-order chi connectivity index (χ1) is 9.26. The Morgan fingerprint density at radius 3 is 3.00 bits per heavy atom. The average Bonchev–Trinajstić information content (AvgIpc) is 2.94. The molecule has 0 aliphatic carbocycles. The van der Waals surface area contributed by atoms with Crippen molar-refractivity contribution < 1.29 is 4.79 Å². The fourth-order valence-electron chi connectivity index (χ4n) is 1.61. The molecule has 1 heterocycles. The van der Waals surface area contributed by atoms with Crippen LogP contribution in [-0.2, 0) is 0 Å². The molecule has 5 nitrogen and oxygen atoms in total. The molecule has 2 aromatic rings. The molecule has 2 rings (SSSR count). The predicted molar refractivity (Wildman–Crippen MR) is 80.9 cm³/mol. The number of thiazole rings is 1. The molecule has 0 unspecified atom stereocenters. The van der Waals surface area contributed by atoms with Crippen LogP contribution >= 0.6 is 23.7 Å². The number of hydrogen-bond donors (Lipinski definition) is 2. The van der Waals surface area contributed by atoms with Crippen LogP contribution in [0, 0.1) is 11.3 Å². The summed E-state index contributed by atoms with van der Waals surface area (Å²) in [7, 11) is 0. The lowest BCUT2D eigenvalue weighted by molar-refractivity contribution is 0.0951. The monoisotopic (exact) mass is 308 g/mol. The van der Waals surface area contributed by atoms with Crippen molar-refractivity contribution in [1.82, 2.24) is 10.3 Å². The molecule has 0 radical (unpaired) electrons. The van der Waals surface area contributed by atoms with E-state index >= 15 is 0 Å². The van der Waals surface area contributed by atoms with Gasteiger partial charge in [0, 0.05) is 13.1 Å². The van der Waals surface area contributed by atoms with Crippen LogP contribution in [0.2, 0.25) is 0 Å². The lowest BCUT2D eigenvalue weighted by atomic mass is 10.1. The third-order valence-corrected chi connectivity index (χ3v) is 3.34. The van der Waals surface area contributed by atoms with E-state index < -0.39 is 0 Å². The zero-order chi connectivity index (χ0) is 13.7. The van der Waals surface area contributed by atoms with Gasteiger partial charge >= 0.3 is 0 Å². The molecule has 3 N–H and O–H groups in total. The number of aromatic nitrogens is 1. The van der Waals surface area contributed by atoms with Crippen molar-refractivity contribution in [2.45, 2.75) is 0 Å². The van der Waals surface area contributed by atoms with Gasteiger partial charge in [0.15, 0.2) is 0 Å². The molecule has 0 fully saturated rings. The minimum Gasteiger partial charge on any atom is -0.349 e. The van der Waals surface area contributed by atoms with Crippen LogP contribution in [0.5, 0.6) is 0 Å². The summed E-state index contributed by atoms with van der Waals surface area (Å²) < 4.78 is 0. The van der Waals surface area contributed by atoms with Crippen LogP contribution in [0.15, 0.2) is 29.8 Å². The molecule has 0 saturated heterocycles. The van der Waals surface area contributed by atoms with Crippen LogP contribution in [0.4, 0.5) is 0 Å². The van der Waals surface area contributed by atoms with E-state index in [-0.39, 0.29) is 18.3 Å². The Bertz CT molecular complexity index is 635. The summed E-state index contributed by atoms with van der Waals surface area (Å²) in [5.74, 6) is -0.246. The Morgan fingerprint density at radius 2 is 2.30 bits per heavy atom. The first-order valence-electron chi connectivity index (χ1n) is 5.68. The number of amides is 1. The van der Waals surface area contributed by atoms with Crippen LogP contribution in [-0.4, -0.2) is 24.0 Å². The lowest BCUT2D eigenvalue weighted by Gasteiger charge is -2.04. The molecular formula is C13H13ClN4OS. The number of halogens is 1. The number of nitrogens with one attached hydrogen (secondary N) is 1. The highest BCUT2D eigenvalue weighted by molar-refractivity contribution is 7.13. The van der Waals surface area contributed by atoms with Gasteiger partial charge in [0.25, 0.3) is 5.91 Å². The van der Waals surface area contributed by atoms with E-state index in [1.54, 1.807) is 23.7 Å². The van der Waals surface area contributed by atoms with Crippen molar-refractivity contribution in [1.29, 1.82) is 5.26 Å². The third kappa shape index (κ3) is 3.54. The van der Waals surface area contributed by atoms with Crippen molar-refractivity contribution in [2.24, 2.45) is 5.73 Å². The van der Waals surface area contributed by atoms with Crippen molar-refractivity contribution >= 4 is 29.7 Å². The van der Waals surface area contributed by atoms with E-state index in [1.165, 1.54) is 11.3 Å². The van der Waals surface area contributed by atoms with Gasteiger partial charge in [0.05, 0.1) is 22.0 Å². The molecule has 0 saturated carbocycles. The quantitative estimate of drug-likeness (QED) is 0.900. The number of carbonyl (C=O) groups excluding carboxylic acids is 1. The molecule has 1 aromatic carbocycles. The smallest absolute Gasteiger partial charge is 0.271 e. The Labute approximate surface area is 126 Å². The van der Waals surface area contributed by atoms with Gasteiger partial charge in [-0.05, 0) is 17.7 Å². The molecule has 7 heteroatoms. The van der Waals surface area contributed by atoms with E-state index in [1.807, 2.05) is 6.07 Å². The molecule has 0 bridgehead atoms. The third-order valence-electron chi connectivity index (χ3n) is 2.47. The Kier molecular flexibility index (Phi) is 6.12. The van der Waals surface area contributed by atoms with Crippen molar-refractivity contribution in [3.63, 3.8) is 0 Å². The van der Waals surface area contributed by atoms with Crippen molar-refractivity contribution in [3.05, 3.63) is 41.0 Å². The molecular weight excluding hydrogens is 296 g/mol. The molecule has 0 spiro atoms. The Balaban J connectivity index is 0.00000200. The molecule has 1 amide bonds. The molecule has 104 valence electrons. The molecule has 1 aromatic heterocycles. The van der Waals surface area contributed by atoms with Gasteiger partial charge in [-0.15, -0.1) is 23.7 Å². The van der Waals surface area contributed by atoms with E-state index in [4.69, 9.17) is 11.0 Å². The van der Waals surface area contributed by atoms with Crippen LogP contribution in [0.1, 0.15) is 16.1 Å². The number of rotatable bonds is 4. The van der Waals surface area contributed by atoms with E-state index in [9.17, 15) is 4.79 Å². The Hall–Kier alpha value is -1.94. The minimum absolute atomic E-state index is 0. The van der Waals surface area contributed by atoms with Gasteiger partial charge in [-0.1, -0.05) is 12.1 Å². The topological polar surface area (TPSA) is 91.8 Å². The minimum atomic E-state index is -0.246. The number of nitrogens with two attached hydrogens (primary N) is 1. The molecule has 0 aliphatic rings. The van der Waals surface area contributed by atoms with E-state index in [0.29, 0.717) is 24.3 Å². The fourth-order valence-corrected chi connectivity index (χ4v) is 2.40. The van der Waals surface area contributed by atoms with Gasteiger partial charge in [-0.2, -0.15) is 5.26 Å². The number of carbonyl (C=O) groups is 1. The van der Waals surface area contributed by atoms with Crippen LogP contribution < -0.4 is 11.1 Å². The van der Waals surface area contributed by atoms with Gasteiger partial charge < -0.3 is 11.1 Å². The molecule has 20 heavy (non-hydrogen) atoms. The maximum atomic E-state index is 11.9. The van der Waals surface area contributed by atoms with Gasteiger partial charge in [0.1, 0.15) is 5.69 Å². The summed E-state index contributed by atoms with van der Waals surface area (Å²) in [5, 5.41) is 11.6. The fraction of sp³-hybridized carbons (Fsp3) is 0.154. The predicted octanol–water partition coefficient (Wildman–Crippen LogP) is 1.79. The second kappa shape index (κ2) is 7.60. The summed E-state index contributed by atoms with van der Waals surface area (Å²) in [4.78, 5) is 16.8. The van der Waals surface area contributed by atoms with Crippen LogP contribution in [0.3, 0.4) is 0 Å². The number of hydrogen-bond acceptors (Lipinski definition) is 5. The number of nitriles is 1. The summed E-state index contributed by atoms with van der Waals surface area (Å²) >= 11 is 1.37. The average molecular weight is 309 g/mol. The van der Waals surface area contributed by atoms with Gasteiger partial charge in [-0.25, -0.2) is 4.98 Å². The second-order valence-corrected chi connectivity index (χ2v) is 4.62. The summed E-state index contributed by atoms with van der Waals surface area (Å²) in [6.07, 6.45) is 0. The highest BCUT2D eigenvalue weighted by atomic mass is 35.5. The standard InChI is InChI=1S/C13H12N4OS.ClH/c14-4-5-16-13(18)11-12(19-8-17-11)10-3-1-2-9(6-10)7-15;/h1-3,6,8H,4-5,14H2,(H,16,18);1H. The normalized spacial score (nSPS) is 9.40. The van der Waals surface area contributed by atoms with Crippen molar-refractivity contribution in [3.8, 4) is 16.5 Å². The lowest BCUT2D eigenvalue weighted by Crippen LogP contribution is -2.29. The highest BCUT2D eigenvalue weighted by Gasteiger charge is 2.15. The first-order valence-corrected chi connectivity index (χ1v) is 6.56. The van der Waals surface area contributed by atoms with E-state index in [0.717, 1.165) is 10.4 Å².